The second-order valence-electron chi connectivity index (χ2n) is 6.10. The van der Waals surface area contributed by atoms with E-state index in [2.05, 4.69) is 5.16 Å². The van der Waals surface area contributed by atoms with Crippen molar-refractivity contribution in [1.82, 2.24) is 10.1 Å². The number of β-amino-alcohol motifs (C(OH)–C–C–N with tert-alkyl or cyclic N) is 1. The van der Waals surface area contributed by atoms with Crippen molar-refractivity contribution in [3.8, 4) is 0 Å². The summed E-state index contributed by atoms with van der Waals surface area (Å²) >= 11 is 0. The summed E-state index contributed by atoms with van der Waals surface area (Å²) in [5, 5.41) is 13.6. The predicted molar refractivity (Wildman–Crippen MR) is 75.6 cm³/mol. The molecule has 3 atom stereocenters. The van der Waals surface area contributed by atoms with Gasteiger partial charge in [-0.15, -0.1) is 0 Å². The van der Waals surface area contributed by atoms with Crippen molar-refractivity contribution in [2.45, 2.75) is 52.2 Å². The van der Waals surface area contributed by atoms with Crippen LogP contribution in [0.1, 0.15) is 44.6 Å². The summed E-state index contributed by atoms with van der Waals surface area (Å²) < 4.78 is 5.25. The van der Waals surface area contributed by atoms with Crippen LogP contribution in [-0.4, -0.2) is 45.5 Å². The summed E-state index contributed by atoms with van der Waals surface area (Å²) in [6.45, 7) is 7.30. The molecule has 2 rings (SSSR count). The summed E-state index contributed by atoms with van der Waals surface area (Å²) in [6, 6.07) is 1.20. The lowest BCUT2D eigenvalue weighted by atomic mass is 9.91. The molecule has 0 radical (unpaired) electrons. The highest BCUT2D eigenvalue weighted by Gasteiger charge is 2.41. The minimum atomic E-state index is -0.646. The number of nitrogens with zero attached hydrogens (tertiary/aromatic N) is 2. The van der Waals surface area contributed by atoms with Crippen LogP contribution in [0.15, 0.2) is 10.6 Å². The van der Waals surface area contributed by atoms with E-state index in [-0.39, 0.29) is 24.2 Å². The molecule has 1 saturated heterocycles. The van der Waals surface area contributed by atoms with Crippen molar-refractivity contribution in [1.29, 1.82) is 0 Å². The smallest absolute Gasteiger partial charge is 0.234 e. The van der Waals surface area contributed by atoms with Crippen molar-refractivity contribution < 1.29 is 19.2 Å². The third-order valence-corrected chi connectivity index (χ3v) is 3.92. The Kier molecular flexibility index (Phi) is 4.46. The first-order valence-corrected chi connectivity index (χ1v) is 7.23. The summed E-state index contributed by atoms with van der Waals surface area (Å²) in [5.74, 6) is -0.251. The molecule has 1 amide bonds. The van der Waals surface area contributed by atoms with Gasteiger partial charge in [0.05, 0.1) is 17.8 Å². The maximum absolute atomic E-state index is 12.8. The standard InChI is InChI=1S/C15H22N2O4/c1-8(2)14(13-5-9(3)16-21-13)15(20)17-7-11(19)6-12(17)10(4)18/h5,8,11-12,14,19H,6-7H2,1-4H3/t11-,12+,14-/m1/s1. The van der Waals surface area contributed by atoms with Crippen LogP contribution in [0.2, 0.25) is 0 Å². The normalized spacial score (nSPS) is 23.6. The minimum Gasteiger partial charge on any atom is -0.391 e. The number of hydrogen-bond acceptors (Lipinski definition) is 5. The molecular formula is C15H22N2O4. The molecule has 0 spiro atoms. The van der Waals surface area contributed by atoms with Gasteiger partial charge < -0.3 is 14.5 Å². The number of hydrogen-bond donors (Lipinski definition) is 1. The lowest BCUT2D eigenvalue weighted by Gasteiger charge is -2.28. The van der Waals surface area contributed by atoms with E-state index in [1.807, 2.05) is 13.8 Å². The third-order valence-electron chi connectivity index (χ3n) is 3.92. The Morgan fingerprint density at radius 3 is 2.62 bits per heavy atom. The van der Waals surface area contributed by atoms with Gasteiger partial charge in [-0.3, -0.25) is 9.59 Å². The van der Waals surface area contributed by atoms with Gasteiger partial charge in [-0.2, -0.15) is 0 Å². The lowest BCUT2D eigenvalue weighted by molar-refractivity contribution is -0.139. The molecule has 2 heterocycles. The number of amides is 1. The molecule has 0 aromatic carbocycles. The van der Waals surface area contributed by atoms with Gasteiger partial charge in [0.2, 0.25) is 5.91 Å². The van der Waals surface area contributed by atoms with E-state index in [1.165, 1.54) is 11.8 Å². The average Bonchev–Trinajstić information content (AvgIpc) is 2.95. The van der Waals surface area contributed by atoms with Gasteiger partial charge in [-0.05, 0) is 19.8 Å². The monoisotopic (exact) mass is 294 g/mol. The fourth-order valence-electron chi connectivity index (χ4n) is 2.89. The molecule has 1 aromatic heterocycles. The molecular weight excluding hydrogens is 272 g/mol. The largest absolute Gasteiger partial charge is 0.391 e. The van der Waals surface area contributed by atoms with E-state index < -0.39 is 18.1 Å². The number of aryl methyl sites for hydroxylation is 1. The summed E-state index contributed by atoms with van der Waals surface area (Å²) in [5.41, 5.74) is 0.716. The van der Waals surface area contributed by atoms with Gasteiger partial charge in [0.25, 0.3) is 0 Å². The van der Waals surface area contributed by atoms with Crippen LogP contribution in [0, 0.1) is 12.8 Å². The Morgan fingerprint density at radius 1 is 1.48 bits per heavy atom. The number of likely N-dealkylation sites (tertiary alicyclic amines) is 1. The number of carbonyl (C=O) groups is 2. The first-order valence-electron chi connectivity index (χ1n) is 7.23. The van der Waals surface area contributed by atoms with E-state index in [0.717, 1.165) is 0 Å². The van der Waals surface area contributed by atoms with Gasteiger partial charge in [0, 0.05) is 19.0 Å². The molecule has 0 bridgehead atoms. The van der Waals surface area contributed by atoms with Crippen LogP contribution in [-0.2, 0) is 9.59 Å². The number of aliphatic hydroxyl groups is 1. The summed E-state index contributed by atoms with van der Waals surface area (Å²) in [4.78, 5) is 26.0. The zero-order valence-electron chi connectivity index (χ0n) is 12.9. The highest BCUT2D eigenvalue weighted by Crippen LogP contribution is 2.31. The Hall–Kier alpha value is -1.69. The Balaban J connectivity index is 2.28. The number of carbonyl (C=O) groups excluding carboxylic acids is 2. The second kappa shape index (κ2) is 5.97. The first-order chi connectivity index (χ1) is 9.81. The highest BCUT2D eigenvalue weighted by atomic mass is 16.5. The van der Waals surface area contributed by atoms with Crippen LogP contribution < -0.4 is 0 Å². The van der Waals surface area contributed by atoms with Gasteiger partial charge >= 0.3 is 0 Å². The van der Waals surface area contributed by atoms with Crippen molar-refractivity contribution >= 4 is 11.7 Å². The number of Topliss-reactive ketones (excluding diaryl/α,β-unsaturated/α-hetero) is 1. The second-order valence-corrected chi connectivity index (χ2v) is 6.10. The van der Waals surface area contributed by atoms with Crippen molar-refractivity contribution in [2.24, 2.45) is 5.92 Å². The van der Waals surface area contributed by atoms with Gasteiger partial charge in [0.1, 0.15) is 11.7 Å². The molecule has 6 heteroatoms. The molecule has 0 saturated carbocycles. The molecule has 1 aromatic rings. The summed E-state index contributed by atoms with van der Waals surface area (Å²) in [6.07, 6.45) is -0.339. The minimum absolute atomic E-state index is 0.00945. The molecule has 1 aliphatic heterocycles. The Labute approximate surface area is 124 Å². The van der Waals surface area contributed by atoms with E-state index in [1.54, 1.807) is 13.0 Å². The number of rotatable bonds is 4. The van der Waals surface area contributed by atoms with Crippen molar-refractivity contribution in [3.63, 3.8) is 0 Å². The average molecular weight is 294 g/mol. The van der Waals surface area contributed by atoms with Crippen LogP contribution in [0.3, 0.4) is 0 Å². The molecule has 116 valence electrons. The highest BCUT2D eigenvalue weighted by molar-refractivity contribution is 5.91. The van der Waals surface area contributed by atoms with Crippen LogP contribution in [0.4, 0.5) is 0 Å². The van der Waals surface area contributed by atoms with Gasteiger partial charge in [-0.1, -0.05) is 19.0 Å². The van der Waals surface area contributed by atoms with E-state index in [4.69, 9.17) is 4.52 Å². The fraction of sp³-hybridized carbons (Fsp3) is 0.667. The van der Waals surface area contributed by atoms with Crippen molar-refractivity contribution in [2.75, 3.05) is 6.54 Å². The van der Waals surface area contributed by atoms with Crippen LogP contribution in [0.5, 0.6) is 0 Å². The van der Waals surface area contributed by atoms with Gasteiger partial charge in [0.15, 0.2) is 5.78 Å². The maximum Gasteiger partial charge on any atom is 0.234 e. The predicted octanol–water partition coefficient (Wildman–Crippen LogP) is 1.27. The van der Waals surface area contributed by atoms with Crippen molar-refractivity contribution in [3.05, 3.63) is 17.5 Å². The van der Waals surface area contributed by atoms with Gasteiger partial charge in [-0.25, -0.2) is 0 Å². The molecule has 6 nitrogen and oxygen atoms in total. The topological polar surface area (TPSA) is 83.6 Å². The first kappa shape index (κ1) is 15.7. The summed E-state index contributed by atoms with van der Waals surface area (Å²) in [7, 11) is 0. The lowest BCUT2D eigenvalue weighted by Crippen LogP contribution is -2.43. The zero-order chi connectivity index (χ0) is 15.7. The van der Waals surface area contributed by atoms with Crippen LogP contribution in [0.25, 0.3) is 0 Å². The zero-order valence-corrected chi connectivity index (χ0v) is 12.9. The van der Waals surface area contributed by atoms with Crippen LogP contribution >= 0.6 is 0 Å². The molecule has 1 aliphatic rings. The maximum atomic E-state index is 12.8. The quantitative estimate of drug-likeness (QED) is 0.904. The SMILES string of the molecule is CC(=O)[C@@H]1C[C@@H](O)CN1C(=O)[C@@H](c1cc(C)no1)C(C)C. The number of ketones is 1. The number of aromatic nitrogens is 1. The number of aliphatic hydroxyl groups excluding tert-OH is 1. The third kappa shape index (κ3) is 3.15. The Bertz CT molecular complexity index is 538. The fourth-order valence-corrected chi connectivity index (χ4v) is 2.89. The molecule has 1 fully saturated rings. The molecule has 0 unspecified atom stereocenters. The molecule has 1 N–H and O–H groups in total. The van der Waals surface area contributed by atoms with E-state index in [0.29, 0.717) is 17.9 Å². The molecule has 21 heavy (non-hydrogen) atoms. The van der Waals surface area contributed by atoms with E-state index >= 15 is 0 Å². The molecule has 0 aliphatic carbocycles. The van der Waals surface area contributed by atoms with E-state index in [9.17, 15) is 14.7 Å². The Morgan fingerprint density at radius 2 is 2.14 bits per heavy atom.